The van der Waals surface area contributed by atoms with E-state index in [0.29, 0.717) is 11.7 Å². The van der Waals surface area contributed by atoms with Crippen LogP contribution in [0.5, 0.6) is 0 Å². The van der Waals surface area contributed by atoms with Gasteiger partial charge < -0.3 is 0 Å². The Morgan fingerprint density at radius 3 is 2.39 bits per heavy atom. The van der Waals surface area contributed by atoms with Crippen molar-refractivity contribution in [1.82, 2.24) is 4.98 Å². The third-order valence-electron chi connectivity index (χ3n) is 2.81. The summed E-state index contributed by atoms with van der Waals surface area (Å²) in [5.74, 6) is 0.977. The van der Waals surface area contributed by atoms with Gasteiger partial charge in [-0.15, -0.1) is 0 Å². The van der Waals surface area contributed by atoms with E-state index in [2.05, 4.69) is 31.0 Å². The molecule has 0 aliphatic rings. The molecule has 2 rings (SSSR count). The second-order valence-corrected chi connectivity index (χ2v) is 5.99. The molecule has 0 aliphatic carbocycles. The van der Waals surface area contributed by atoms with E-state index in [-0.39, 0.29) is 0 Å². The molecule has 1 heterocycles. The lowest BCUT2D eigenvalue weighted by atomic mass is 10.0. The Bertz CT molecular complexity index is 520. The average molecular weight is 259 g/mol. The summed E-state index contributed by atoms with van der Waals surface area (Å²) in [5, 5.41) is 0. The number of aromatic nitrogens is 1. The molecular formula is C15H17NOS. The van der Waals surface area contributed by atoms with Crippen molar-refractivity contribution in [2.24, 2.45) is 0 Å². The van der Waals surface area contributed by atoms with Crippen molar-refractivity contribution >= 4 is 10.8 Å². The zero-order valence-electron chi connectivity index (χ0n) is 10.7. The number of hydrogen-bond acceptors (Lipinski definition) is 2. The zero-order chi connectivity index (χ0) is 13.0. The molecule has 0 fully saturated rings. The minimum atomic E-state index is -1.02. The van der Waals surface area contributed by atoms with Gasteiger partial charge in [-0.05, 0) is 35.7 Å². The van der Waals surface area contributed by atoms with Crippen molar-refractivity contribution in [1.29, 1.82) is 0 Å². The van der Waals surface area contributed by atoms with E-state index in [1.54, 1.807) is 6.20 Å². The normalized spacial score (nSPS) is 12.6. The van der Waals surface area contributed by atoms with E-state index in [9.17, 15) is 4.21 Å². The summed E-state index contributed by atoms with van der Waals surface area (Å²) < 4.78 is 12.2. The van der Waals surface area contributed by atoms with Crippen LogP contribution in [0.15, 0.2) is 53.6 Å². The van der Waals surface area contributed by atoms with Crippen LogP contribution in [-0.2, 0) is 16.6 Å². The van der Waals surface area contributed by atoms with E-state index >= 15 is 0 Å². The summed E-state index contributed by atoms with van der Waals surface area (Å²) in [7, 11) is -1.02. The van der Waals surface area contributed by atoms with Gasteiger partial charge in [0.25, 0.3) is 0 Å². The predicted octanol–water partition coefficient (Wildman–Crippen LogP) is 3.51. The van der Waals surface area contributed by atoms with Crippen LogP contribution in [0.1, 0.15) is 31.0 Å². The maximum Gasteiger partial charge on any atom is 0.0705 e. The van der Waals surface area contributed by atoms with E-state index in [0.717, 1.165) is 10.6 Å². The summed E-state index contributed by atoms with van der Waals surface area (Å²) in [6.45, 7) is 4.31. The second-order valence-electron chi connectivity index (χ2n) is 4.53. The largest absolute Gasteiger partial charge is 0.260 e. The molecule has 0 radical (unpaired) electrons. The first-order valence-electron chi connectivity index (χ1n) is 6.05. The Balaban J connectivity index is 2.10. The predicted molar refractivity (Wildman–Crippen MR) is 74.9 cm³/mol. The molecule has 18 heavy (non-hydrogen) atoms. The summed E-state index contributed by atoms with van der Waals surface area (Å²) in [6.07, 6.45) is 1.73. The van der Waals surface area contributed by atoms with Crippen molar-refractivity contribution in [3.63, 3.8) is 0 Å². The van der Waals surface area contributed by atoms with Crippen LogP contribution in [0.3, 0.4) is 0 Å². The van der Waals surface area contributed by atoms with Gasteiger partial charge in [0, 0.05) is 11.1 Å². The van der Waals surface area contributed by atoms with Crippen molar-refractivity contribution < 1.29 is 4.21 Å². The molecule has 0 saturated heterocycles. The summed E-state index contributed by atoms with van der Waals surface area (Å²) in [4.78, 5) is 5.06. The number of nitrogens with zero attached hydrogens (tertiary/aromatic N) is 1. The minimum absolute atomic E-state index is 0.474. The Morgan fingerprint density at radius 2 is 1.83 bits per heavy atom. The summed E-state index contributed by atoms with van der Waals surface area (Å²) in [5.41, 5.74) is 2.14. The first-order chi connectivity index (χ1) is 8.66. The molecule has 94 valence electrons. The molecule has 1 aromatic heterocycles. The fourth-order valence-electron chi connectivity index (χ4n) is 1.71. The number of benzene rings is 1. The molecule has 0 saturated carbocycles. The molecule has 0 spiro atoms. The van der Waals surface area contributed by atoms with Crippen LogP contribution >= 0.6 is 0 Å². The average Bonchev–Trinajstić information content (AvgIpc) is 2.40. The van der Waals surface area contributed by atoms with Gasteiger partial charge in [-0.3, -0.25) is 9.19 Å². The van der Waals surface area contributed by atoms with Crippen molar-refractivity contribution in [3.05, 3.63) is 59.9 Å². The zero-order valence-corrected chi connectivity index (χ0v) is 11.5. The van der Waals surface area contributed by atoms with Gasteiger partial charge in [-0.25, -0.2) is 0 Å². The summed E-state index contributed by atoms with van der Waals surface area (Å²) in [6, 6.07) is 13.7. The smallest absolute Gasteiger partial charge is 0.0705 e. The van der Waals surface area contributed by atoms with E-state index in [1.165, 1.54) is 5.56 Å². The van der Waals surface area contributed by atoms with Crippen LogP contribution in [0.2, 0.25) is 0 Å². The molecular weight excluding hydrogens is 242 g/mol. The van der Waals surface area contributed by atoms with E-state index < -0.39 is 10.8 Å². The molecule has 2 nitrogen and oxygen atoms in total. The van der Waals surface area contributed by atoms with Crippen LogP contribution in [0.4, 0.5) is 0 Å². The van der Waals surface area contributed by atoms with E-state index in [4.69, 9.17) is 0 Å². The van der Waals surface area contributed by atoms with Gasteiger partial charge in [0.15, 0.2) is 0 Å². The standard InChI is InChI=1S/C15H17NOS/c1-12(2)13-6-8-15(9-7-13)18(17)11-14-5-3-4-10-16-14/h3-10,12H,11H2,1-2H3/t18-/m1/s1. The quantitative estimate of drug-likeness (QED) is 0.841. The molecule has 0 N–H and O–H groups in total. The van der Waals surface area contributed by atoms with Crippen molar-refractivity contribution in [3.8, 4) is 0 Å². The number of pyridine rings is 1. The molecule has 3 heteroatoms. The lowest BCUT2D eigenvalue weighted by Crippen LogP contribution is -1.98. The van der Waals surface area contributed by atoms with Gasteiger partial charge >= 0.3 is 0 Å². The van der Waals surface area contributed by atoms with Crippen molar-refractivity contribution in [2.75, 3.05) is 0 Å². The molecule has 1 aromatic carbocycles. The Morgan fingerprint density at radius 1 is 1.11 bits per heavy atom. The fourth-order valence-corrected chi connectivity index (χ4v) is 2.75. The number of rotatable bonds is 4. The molecule has 0 amide bonds. The maximum atomic E-state index is 12.2. The monoisotopic (exact) mass is 259 g/mol. The highest BCUT2D eigenvalue weighted by atomic mass is 32.2. The highest BCUT2D eigenvalue weighted by Crippen LogP contribution is 2.17. The molecule has 2 aromatic rings. The lowest BCUT2D eigenvalue weighted by molar-refractivity contribution is 0.682. The highest BCUT2D eigenvalue weighted by Gasteiger charge is 2.06. The van der Waals surface area contributed by atoms with Gasteiger partial charge in [-0.2, -0.15) is 0 Å². The Labute approximate surface area is 111 Å². The van der Waals surface area contributed by atoms with Gasteiger partial charge in [-0.1, -0.05) is 32.0 Å². The highest BCUT2D eigenvalue weighted by molar-refractivity contribution is 7.84. The van der Waals surface area contributed by atoms with Crippen LogP contribution < -0.4 is 0 Å². The van der Waals surface area contributed by atoms with Gasteiger partial charge in [0.05, 0.1) is 22.2 Å². The van der Waals surface area contributed by atoms with E-state index in [1.807, 2.05) is 30.3 Å². The Hall–Kier alpha value is -1.48. The molecule has 1 atom stereocenters. The van der Waals surface area contributed by atoms with Crippen molar-refractivity contribution in [2.45, 2.75) is 30.4 Å². The number of hydrogen-bond donors (Lipinski definition) is 0. The van der Waals surface area contributed by atoms with Gasteiger partial charge in [0.1, 0.15) is 0 Å². The first kappa shape index (κ1) is 13.0. The second kappa shape index (κ2) is 5.91. The molecule has 0 bridgehead atoms. The minimum Gasteiger partial charge on any atom is -0.260 e. The third kappa shape index (κ3) is 3.26. The molecule has 0 aliphatic heterocycles. The van der Waals surface area contributed by atoms with Crippen LogP contribution in [-0.4, -0.2) is 9.19 Å². The lowest BCUT2D eigenvalue weighted by Gasteiger charge is -2.06. The van der Waals surface area contributed by atoms with Crippen LogP contribution in [0, 0.1) is 0 Å². The summed E-state index contributed by atoms with van der Waals surface area (Å²) >= 11 is 0. The molecule has 0 unspecified atom stereocenters. The fraction of sp³-hybridized carbons (Fsp3) is 0.267. The SMILES string of the molecule is CC(C)c1ccc([S@](=O)Cc2ccccn2)cc1. The third-order valence-corrected chi connectivity index (χ3v) is 4.17. The Kier molecular flexibility index (Phi) is 4.26. The topological polar surface area (TPSA) is 30.0 Å². The first-order valence-corrected chi connectivity index (χ1v) is 7.37. The van der Waals surface area contributed by atoms with Gasteiger partial charge in [0.2, 0.25) is 0 Å². The maximum absolute atomic E-state index is 12.2. The van der Waals surface area contributed by atoms with Crippen LogP contribution in [0.25, 0.3) is 0 Å².